The fraction of sp³-hybridized carbons (Fsp3) is 0.406. The lowest BCUT2D eigenvalue weighted by Gasteiger charge is -2.27. The van der Waals surface area contributed by atoms with Gasteiger partial charge in [0.25, 0.3) is 0 Å². The van der Waals surface area contributed by atoms with Crippen LogP contribution < -0.4 is 14.8 Å². The van der Waals surface area contributed by atoms with Crippen LogP contribution in [0.4, 0.5) is 5.82 Å². The second kappa shape index (κ2) is 12.9. The first kappa shape index (κ1) is 27.7. The Labute approximate surface area is 227 Å². The molecular formula is C32H42N4O2. The van der Waals surface area contributed by atoms with Gasteiger partial charge in [-0.25, -0.2) is 4.98 Å². The predicted molar refractivity (Wildman–Crippen MR) is 159 cm³/mol. The molecular weight excluding hydrogens is 472 g/mol. The van der Waals surface area contributed by atoms with Crippen LogP contribution >= 0.6 is 0 Å². The SMILES string of the molecule is CCN(CC)C(C)Oc1ccc2c(c1)nc(NCc1ccccc1)c1cc(OC(C)N(CC)CC)ccc12. The number of nitrogens with zero attached hydrogens (tertiary/aromatic N) is 3. The molecule has 2 unspecified atom stereocenters. The van der Waals surface area contributed by atoms with Crippen LogP contribution in [0.3, 0.4) is 0 Å². The Morgan fingerprint density at radius 3 is 1.82 bits per heavy atom. The first-order valence-electron chi connectivity index (χ1n) is 13.9. The van der Waals surface area contributed by atoms with Crippen LogP contribution in [-0.4, -0.2) is 53.4 Å². The first-order chi connectivity index (χ1) is 18.5. The van der Waals surface area contributed by atoms with Gasteiger partial charge in [-0.3, -0.25) is 9.80 Å². The summed E-state index contributed by atoms with van der Waals surface area (Å²) in [5.74, 6) is 2.51. The number of rotatable bonds is 13. The Kier molecular flexibility index (Phi) is 9.43. The summed E-state index contributed by atoms with van der Waals surface area (Å²) in [6.45, 7) is 17.3. The summed E-state index contributed by atoms with van der Waals surface area (Å²) in [6.07, 6.45) is -0.0183. The van der Waals surface area contributed by atoms with Crippen molar-refractivity contribution in [3.05, 3.63) is 72.3 Å². The molecule has 1 N–H and O–H groups in total. The highest BCUT2D eigenvalue weighted by atomic mass is 16.5. The van der Waals surface area contributed by atoms with E-state index in [-0.39, 0.29) is 12.5 Å². The van der Waals surface area contributed by atoms with Crippen molar-refractivity contribution in [3.63, 3.8) is 0 Å². The molecule has 0 aliphatic rings. The van der Waals surface area contributed by atoms with Crippen LogP contribution in [0.5, 0.6) is 11.5 Å². The van der Waals surface area contributed by atoms with Crippen LogP contribution in [0.25, 0.3) is 21.7 Å². The highest BCUT2D eigenvalue weighted by Crippen LogP contribution is 2.34. The number of fused-ring (bicyclic) bond motifs is 3. The summed E-state index contributed by atoms with van der Waals surface area (Å²) in [5, 5.41) is 6.87. The lowest BCUT2D eigenvalue weighted by atomic mass is 10.0. The molecule has 4 aromatic rings. The van der Waals surface area contributed by atoms with Crippen LogP contribution in [0.2, 0.25) is 0 Å². The van der Waals surface area contributed by atoms with Gasteiger partial charge in [-0.2, -0.15) is 0 Å². The zero-order chi connectivity index (χ0) is 27.1. The lowest BCUT2D eigenvalue weighted by Crippen LogP contribution is -2.36. The molecule has 0 aliphatic carbocycles. The van der Waals surface area contributed by atoms with E-state index in [1.807, 2.05) is 12.1 Å². The molecule has 0 aliphatic heterocycles. The predicted octanol–water partition coefficient (Wildman–Crippen LogP) is 7.13. The molecule has 1 aromatic heterocycles. The Balaban J connectivity index is 1.73. The second-order valence-corrected chi connectivity index (χ2v) is 9.56. The van der Waals surface area contributed by atoms with Gasteiger partial charge in [0, 0.05) is 23.4 Å². The third-order valence-corrected chi connectivity index (χ3v) is 7.31. The molecule has 1 heterocycles. The van der Waals surface area contributed by atoms with Crippen molar-refractivity contribution in [1.29, 1.82) is 0 Å². The average molecular weight is 515 g/mol. The minimum absolute atomic E-state index is 0.00825. The molecule has 0 spiro atoms. The van der Waals surface area contributed by atoms with Crippen molar-refractivity contribution in [1.82, 2.24) is 14.8 Å². The number of pyridine rings is 1. The van der Waals surface area contributed by atoms with Gasteiger partial charge in [-0.1, -0.05) is 58.0 Å². The molecule has 2 atom stereocenters. The monoisotopic (exact) mass is 514 g/mol. The minimum atomic E-state index is -0.0101. The molecule has 0 saturated heterocycles. The number of benzene rings is 3. The van der Waals surface area contributed by atoms with Crippen molar-refractivity contribution in [2.24, 2.45) is 0 Å². The van der Waals surface area contributed by atoms with Gasteiger partial charge in [-0.15, -0.1) is 0 Å². The van der Waals surface area contributed by atoms with Crippen molar-refractivity contribution >= 4 is 27.5 Å². The highest BCUT2D eigenvalue weighted by Gasteiger charge is 2.16. The molecule has 202 valence electrons. The molecule has 0 saturated carbocycles. The van der Waals surface area contributed by atoms with E-state index < -0.39 is 0 Å². The molecule has 4 rings (SSSR count). The van der Waals surface area contributed by atoms with Crippen molar-refractivity contribution in [3.8, 4) is 11.5 Å². The zero-order valence-electron chi connectivity index (χ0n) is 23.7. The number of hydrogen-bond donors (Lipinski definition) is 1. The average Bonchev–Trinajstić information content (AvgIpc) is 2.93. The van der Waals surface area contributed by atoms with Crippen LogP contribution in [0.1, 0.15) is 47.1 Å². The Morgan fingerprint density at radius 2 is 1.24 bits per heavy atom. The van der Waals surface area contributed by atoms with Gasteiger partial charge in [0.2, 0.25) is 0 Å². The molecule has 0 bridgehead atoms. The Hall–Kier alpha value is -3.35. The van der Waals surface area contributed by atoms with Gasteiger partial charge >= 0.3 is 0 Å². The molecule has 0 radical (unpaired) electrons. The molecule has 6 heteroatoms. The van der Waals surface area contributed by atoms with E-state index in [0.29, 0.717) is 6.54 Å². The van der Waals surface area contributed by atoms with E-state index in [4.69, 9.17) is 14.5 Å². The van der Waals surface area contributed by atoms with E-state index in [1.165, 1.54) is 5.56 Å². The van der Waals surface area contributed by atoms with Crippen LogP contribution in [-0.2, 0) is 6.54 Å². The van der Waals surface area contributed by atoms with Crippen LogP contribution in [0, 0.1) is 0 Å². The maximum absolute atomic E-state index is 6.35. The third kappa shape index (κ3) is 6.37. The molecule has 0 amide bonds. The maximum Gasteiger partial charge on any atom is 0.149 e. The molecule has 3 aromatic carbocycles. The summed E-state index contributed by atoms with van der Waals surface area (Å²) >= 11 is 0. The van der Waals surface area contributed by atoms with Crippen molar-refractivity contribution < 1.29 is 9.47 Å². The standard InChI is InChI=1S/C32H42N4O2/c1-7-35(8-2)23(5)37-26-16-18-28-29-19-17-27(38-24(6)36(9-3)10-4)21-31(29)34-32(30(28)20-26)33-22-25-14-12-11-13-15-25/h11-21,23-24H,7-10,22H2,1-6H3,(H,33,34). The molecule has 6 nitrogen and oxygen atoms in total. The minimum Gasteiger partial charge on any atom is -0.475 e. The Bertz CT molecular complexity index is 1320. The normalized spacial score (nSPS) is 13.3. The third-order valence-electron chi connectivity index (χ3n) is 7.31. The van der Waals surface area contributed by atoms with E-state index in [2.05, 4.69) is 111 Å². The van der Waals surface area contributed by atoms with Crippen molar-refractivity contribution in [2.45, 2.75) is 60.5 Å². The van der Waals surface area contributed by atoms with E-state index >= 15 is 0 Å². The summed E-state index contributed by atoms with van der Waals surface area (Å²) in [4.78, 5) is 9.66. The van der Waals surface area contributed by atoms with E-state index in [0.717, 1.165) is 65.2 Å². The van der Waals surface area contributed by atoms with Gasteiger partial charge in [-0.05, 0) is 81.3 Å². The fourth-order valence-electron chi connectivity index (χ4n) is 5.05. The van der Waals surface area contributed by atoms with Gasteiger partial charge in [0.1, 0.15) is 29.8 Å². The Morgan fingerprint density at radius 1 is 0.684 bits per heavy atom. The number of aromatic nitrogens is 1. The van der Waals surface area contributed by atoms with Gasteiger partial charge < -0.3 is 14.8 Å². The maximum atomic E-state index is 6.35. The largest absolute Gasteiger partial charge is 0.475 e. The lowest BCUT2D eigenvalue weighted by molar-refractivity contribution is 0.0480. The van der Waals surface area contributed by atoms with Gasteiger partial charge in [0.15, 0.2) is 0 Å². The molecule has 0 fully saturated rings. The first-order valence-corrected chi connectivity index (χ1v) is 13.9. The fourth-order valence-corrected chi connectivity index (χ4v) is 5.05. The summed E-state index contributed by atoms with van der Waals surface area (Å²) < 4.78 is 12.6. The van der Waals surface area contributed by atoms with Crippen LogP contribution in [0.15, 0.2) is 66.7 Å². The van der Waals surface area contributed by atoms with E-state index in [9.17, 15) is 0 Å². The van der Waals surface area contributed by atoms with E-state index in [1.54, 1.807) is 0 Å². The van der Waals surface area contributed by atoms with Crippen molar-refractivity contribution in [2.75, 3.05) is 31.5 Å². The zero-order valence-corrected chi connectivity index (χ0v) is 23.7. The second-order valence-electron chi connectivity index (χ2n) is 9.56. The number of ether oxygens (including phenoxy) is 2. The quantitative estimate of drug-likeness (QED) is 0.151. The number of hydrogen-bond acceptors (Lipinski definition) is 6. The topological polar surface area (TPSA) is 49.9 Å². The number of anilines is 1. The smallest absolute Gasteiger partial charge is 0.149 e. The number of nitrogens with one attached hydrogen (secondary N) is 1. The molecule has 38 heavy (non-hydrogen) atoms. The highest BCUT2D eigenvalue weighted by molar-refractivity contribution is 6.10. The summed E-state index contributed by atoms with van der Waals surface area (Å²) in [7, 11) is 0. The summed E-state index contributed by atoms with van der Waals surface area (Å²) in [5.41, 5.74) is 2.11. The summed E-state index contributed by atoms with van der Waals surface area (Å²) in [6, 6.07) is 22.9. The van der Waals surface area contributed by atoms with Gasteiger partial charge in [0.05, 0.1) is 5.52 Å².